The van der Waals surface area contributed by atoms with Crippen LogP contribution in [0.15, 0.2) is 77.5 Å². The van der Waals surface area contributed by atoms with Gasteiger partial charge in [-0.05, 0) is 27.7 Å². The highest BCUT2D eigenvalue weighted by Crippen LogP contribution is 2.54. The van der Waals surface area contributed by atoms with E-state index in [1.54, 1.807) is 0 Å². The largest absolute Gasteiger partial charge is 0.399 e. The van der Waals surface area contributed by atoms with Crippen LogP contribution in [-0.2, 0) is 12.0 Å². The molecule has 0 aromatic heterocycles. The average molecular weight is 448 g/mol. The Hall–Kier alpha value is -3.85. The van der Waals surface area contributed by atoms with E-state index >= 15 is 0 Å². The molecule has 0 fully saturated rings. The molecule has 5 nitrogen and oxygen atoms in total. The van der Waals surface area contributed by atoms with Crippen molar-refractivity contribution in [2.24, 2.45) is 17.1 Å². The Morgan fingerprint density at radius 2 is 1.65 bits per heavy atom. The van der Waals surface area contributed by atoms with E-state index in [-0.39, 0.29) is 22.6 Å². The molecular weight excluding hydrogens is 418 g/mol. The number of fused-ring (bicyclic) bond motifs is 1. The fourth-order valence-electron chi connectivity index (χ4n) is 5.28. The number of nitrogens with zero attached hydrogens (tertiary/aromatic N) is 4. The van der Waals surface area contributed by atoms with Crippen molar-refractivity contribution >= 4 is 0 Å². The zero-order valence-corrected chi connectivity index (χ0v) is 19.9. The minimum atomic E-state index is -1.61. The Balaban J connectivity index is 1.83. The van der Waals surface area contributed by atoms with Gasteiger partial charge in [-0.15, -0.1) is 0 Å². The maximum absolute atomic E-state index is 10.3. The summed E-state index contributed by atoms with van der Waals surface area (Å²) in [5, 5.41) is 30.6. The lowest BCUT2D eigenvalue weighted by Crippen LogP contribution is -2.47. The fraction of sp³-hybridized carbons (Fsp3) is 0.345. The van der Waals surface area contributed by atoms with Gasteiger partial charge in [0.25, 0.3) is 0 Å². The van der Waals surface area contributed by atoms with E-state index in [2.05, 4.69) is 74.2 Å². The van der Waals surface area contributed by atoms with Gasteiger partial charge in [0.05, 0.1) is 23.4 Å². The third-order valence-corrected chi connectivity index (χ3v) is 7.12. The van der Waals surface area contributed by atoms with Gasteiger partial charge < -0.3 is 5.73 Å². The predicted octanol–water partition coefficient (Wildman–Crippen LogP) is 4.91. The SMILES string of the molecule is CC(C)(C)c1ccc(C2C3CN(Cc4ccccc4)CC=C3C(C#N)=C(N)C2(C#N)C#N)cc1. The summed E-state index contributed by atoms with van der Waals surface area (Å²) >= 11 is 0. The topological polar surface area (TPSA) is 101 Å². The van der Waals surface area contributed by atoms with Gasteiger partial charge in [-0.1, -0.05) is 81.4 Å². The summed E-state index contributed by atoms with van der Waals surface area (Å²) in [6, 6.07) is 25.1. The summed E-state index contributed by atoms with van der Waals surface area (Å²) in [5.74, 6) is -0.669. The molecule has 5 heteroatoms. The first-order valence-corrected chi connectivity index (χ1v) is 11.5. The van der Waals surface area contributed by atoms with Crippen LogP contribution >= 0.6 is 0 Å². The first-order valence-electron chi connectivity index (χ1n) is 11.5. The Morgan fingerprint density at radius 1 is 1.00 bits per heavy atom. The van der Waals surface area contributed by atoms with Crippen LogP contribution in [0.25, 0.3) is 0 Å². The van der Waals surface area contributed by atoms with Crippen molar-refractivity contribution in [1.29, 1.82) is 15.8 Å². The summed E-state index contributed by atoms with van der Waals surface area (Å²) in [5.41, 5.74) is 9.31. The van der Waals surface area contributed by atoms with Crippen molar-refractivity contribution in [3.8, 4) is 18.2 Å². The van der Waals surface area contributed by atoms with Crippen molar-refractivity contribution in [1.82, 2.24) is 4.90 Å². The summed E-state index contributed by atoms with van der Waals surface area (Å²) in [7, 11) is 0. The minimum absolute atomic E-state index is 0.0120. The van der Waals surface area contributed by atoms with Gasteiger partial charge in [-0.3, -0.25) is 4.90 Å². The van der Waals surface area contributed by atoms with Crippen LogP contribution < -0.4 is 5.73 Å². The Kier molecular flexibility index (Phi) is 6.05. The molecule has 1 aliphatic carbocycles. The third-order valence-electron chi connectivity index (χ3n) is 7.12. The van der Waals surface area contributed by atoms with Crippen molar-refractivity contribution < 1.29 is 0 Å². The highest BCUT2D eigenvalue weighted by atomic mass is 15.1. The van der Waals surface area contributed by atoms with E-state index < -0.39 is 11.3 Å². The van der Waals surface area contributed by atoms with Gasteiger partial charge in [-0.25, -0.2) is 0 Å². The maximum atomic E-state index is 10.3. The van der Waals surface area contributed by atoms with Gasteiger partial charge in [0.2, 0.25) is 0 Å². The molecule has 0 saturated carbocycles. The van der Waals surface area contributed by atoms with Gasteiger partial charge in [-0.2, -0.15) is 15.8 Å². The standard InChI is InChI=1S/C29H29N5/c1-28(2,3)22-11-9-21(10-12-22)26-25-17-34(16-20-7-5-4-6-8-20)14-13-23(25)24(15-30)27(33)29(26,18-31)19-32/h4-13,25-26H,14,16-17,33H2,1-3H3. The van der Waals surface area contributed by atoms with Crippen molar-refractivity contribution in [3.05, 3.63) is 94.2 Å². The lowest BCUT2D eigenvalue weighted by Gasteiger charge is -2.45. The highest BCUT2D eigenvalue weighted by molar-refractivity contribution is 5.59. The molecule has 4 rings (SSSR count). The molecular formula is C29H29N5. The molecule has 2 N–H and O–H groups in total. The van der Waals surface area contributed by atoms with E-state index in [1.165, 1.54) is 11.1 Å². The molecule has 0 bridgehead atoms. The lowest BCUT2D eigenvalue weighted by atomic mass is 9.58. The molecule has 2 aromatic rings. The molecule has 0 radical (unpaired) electrons. The number of hydrogen-bond acceptors (Lipinski definition) is 5. The van der Waals surface area contributed by atoms with Gasteiger partial charge in [0, 0.05) is 31.5 Å². The Bertz CT molecular complexity index is 1240. The summed E-state index contributed by atoms with van der Waals surface area (Å²) in [6.07, 6.45) is 2.05. The quantitative estimate of drug-likeness (QED) is 0.720. The molecule has 0 amide bonds. The third kappa shape index (κ3) is 3.88. The van der Waals surface area contributed by atoms with E-state index in [9.17, 15) is 15.8 Å². The second kappa shape index (κ2) is 8.83. The van der Waals surface area contributed by atoms with Crippen molar-refractivity contribution in [3.63, 3.8) is 0 Å². The van der Waals surface area contributed by atoms with Crippen molar-refractivity contribution in [2.45, 2.75) is 38.6 Å². The van der Waals surface area contributed by atoms with Crippen molar-refractivity contribution in [2.75, 3.05) is 13.1 Å². The van der Waals surface area contributed by atoms with E-state index in [0.29, 0.717) is 13.1 Å². The molecule has 0 saturated heterocycles. The zero-order valence-electron chi connectivity index (χ0n) is 19.9. The number of nitrogens with two attached hydrogens (primary N) is 1. The van der Waals surface area contributed by atoms with Crippen LogP contribution in [0.2, 0.25) is 0 Å². The molecule has 1 heterocycles. The minimum Gasteiger partial charge on any atom is -0.399 e. The zero-order chi connectivity index (χ0) is 24.5. The molecule has 2 aromatic carbocycles. The summed E-state index contributed by atoms with van der Waals surface area (Å²) in [6.45, 7) is 8.53. The summed E-state index contributed by atoms with van der Waals surface area (Å²) < 4.78 is 0. The second-order valence-electron chi connectivity index (χ2n) is 10.2. The highest BCUT2D eigenvalue weighted by Gasteiger charge is 2.54. The number of hydrogen-bond donors (Lipinski definition) is 1. The normalized spacial score (nSPS) is 22.1. The number of nitriles is 3. The van der Waals surface area contributed by atoms with Crippen LogP contribution in [0.3, 0.4) is 0 Å². The van der Waals surface area contributed by atoms with Crippen LogP contribution in [0.4, 0.5) is 0 Å². The van der Waals surface area contributed by atoms with Gasteiger partial charge >= 0.3 is 0 Å². The van der Waals surface area contributed by atoms with Crippen LogP contribution in [0.5, 0.6) is 0 Å². The number of allylic oxidation sites excluding steroid dienone is 2. The molecule has 1 aliphatic heterocycles. The maximum Gasteiger partial charge on any atom is 0.191 e. The van der Waals surface area contributed by atoms with Crippen LogP contribution in [0.1, 0.15) is 43.4 Å². The molecule has 2 atom stereocenters. The smallest absolute Gasteiger partial charge is 0.191 e. The number of benzene rings is 2. The molecule has 0 spiro atoms. The first kappa shape index (κ1) is 23.3. The van der Waals surface area contributed by atoms with Gasteiger partial charge in [0.15, 0.2) is 5.41 Å². The molecule has 170 valence electrons. The van der Waals surface area contributed by atoms with Crippen LogP contribution in [-0.4, -0.2) is 18.0 Å². The lowest BCUT2D eigenvalue weighted by molar-refractivity contribution is 0.201. The average Bonchev–Trinajstić information content (AvgIpc) is 2.84. The molecule has 2 unspecified atom stereocenters. The van der Waals surface area contributed by atoms with E-state index in [0.717, 1.165) is 17.7 Å². The monoisotopic (exact) mass is 447 g/mol. The summed E-state index contributed by atoms with van der Waals surface area (Å²) in [4.78, 5) is 2.30. The molecule has 34 heavy (non-hydrogen) atoms. The van der Waals surface area contributed by atoms with Crippen LogP contribution in [0, 0.1) is 45.3 Å². The Labute approximate surface area is 202 Å². The van der Waals surface area contributed by atoms with E-state index in [4.69, 9.17) is 5.73 Å². The van der Waals surface area contributed by atoms with Gasteiger partial charge in [0.1, 0.15) is 6.07 Å². The van der Waals surface area contributed by atoms with E-state index in [1.807, 2.05) is 30.3 Å². The Morgan fingerprint density at radius 3 is 2.21 bits per heavy atom. The fourth-order valence-corrected chi connectivity index (χ4v) is 5.28. The first-order chi connectivity index (χ1) is 16.2. The predicted molar refractivity (Wildman–Crippen MR) is 132 cm³/mol. The number of rotatable bonds is 3. The molecule has 2 aliphatic rings. The second-order valence-corrected chi connectivity index (χ2v) is 10.2.